The van der Waals surface area contributed by atoms with Crippen molar-refractivity contribution in [2.24, 2.45) is 0 Å². The van der Waals surface area contributed by atoms with Gasteiger partial charge in [-0.2, -0.15) is 0 Å². The van der Waals surface area contributed by atoms with Gasteiger partial charge in [0.1, 0.15) is 23.5 Å². The number of benzene rings is 3. The Morgan fingerprint density at radius 1 is 0.976 bits per heavy atom. The molecule has 0 aliphatic heterocycles. The number of fused-ring (bicyclic) bond motifs is 1. The molecular formula is C29H28ClN3O7S. The molecule has 10 nitrogen and oxygen atoms in total. The fourth-order valence-corrected chi connectivity index (χ4v) is 5.74. The number of hydrogen-bond acceptors (Lipinski definition) is 8. The molecule has 0 fully saturated rings. The normalized spacial score (nSPS) is 11.0. The standard InChI is InChI=1S/C27H22ClN3O7S.C2H6/c1-36-19-6-3-17(4-7-19)16-30(26-11-12-38-29-26)39(34,35)20-8-9-22-18(13-20)5-10-27(33)31(22)23-14-21(28)24(32)15-25(23)37-2;1-2/h3-15,32H,16H2,1-2H3;1-2H3. The van der Waals surface area contributed by atoms with Gasteiger partial charge in [-0.15, -0.1) is 0 Å². The smallest absolute Gasteiger partial charge is 0.265 e. The second-order valence-electron chi connectivity index (χ2n) is 8.42. The van der Waals surface area contributed by atoms with Crippen LogP contribution < -0.4 is 19.3 Å². The number of anilines is 1. The summed E-state index contributed by atoms with van der Waals surface area (Å²) in [6.45, 7) is 3.99. The first-order valence-corrected chi connectivity index (χ1v) is 14.3. The predicted molar refractivity (Wildman–Crippen MR) is 157 cm³/mol. The minimum atomic E-state index is -4.13. The summed E-state index contributed by atoms with van der Waals surface area (Å²) < 4.78 is 45.7. The van der Waals surface area contributed by atoms with Crippen LogP contribution in [0, 0.1) is 0 Å². The molecule has 1 N–H and O–H groups in total. The summed E-state index contributed by atoms with van der Waals surface area (Å²) in [4.78, 5) is 12.9. The Hall–Kier alpha value is -4.48. The minimum Gasteiger partial charge on any atom is -0.506 e. The Morgan fingerprint density at radius 2 is 1.71 bits per heavy atom. The summed E-state index contributed by atoms with van der Waals surface area (Å²) in [6, 6.07) is 18.4. The zero-order chi connectivity index (χ0) is 29.7. The van der Waals surface area contributed by atoms with Gasteiger partial charge in [-0.05, 0) is 48.0 Å². The monoisotopic (exact) mass is 597 g/mol. The van der Waals surface area contributed by atoms with Gasteiger partial charge in [-0.25, -0.2) is 12.7 Å². The van der Waals surface area contributed by atoms with E-state index in [0.29, 0.717) is 22.2 Å². The first kappa shape index (κ1) is 29.5. The lowest BCUT2D eigenvalue weighted by Crippen LogP contribution is -2.31. The van der Waals surface area contributed by atoms with E-state index < -0.39 is 15.6 Å². The number of rotatable bonds is 8. The molecule has 0 radical (unpaired) electrons. The van der Waals surface area contributed by atoms with Crippen LogP contribution in [0.3, 0.4) is 0 Å². The van der Waals surface area contributed by atoms with Crippen LogP contribution in [0.4, 0.5) is 5.82 Å². The summed E-state index contributed by atoms with van der Waals surface area (Å²) >= 11 is 6.12. The van der Waals surface area contributed by atoms with Crippen molar-refractivity contribution in [3.05, 3.63) is 100.0 Å². The molecule has 12 heteroatoms. The van der Waals surface area contributed by atoms with Gasteiger partial charge in [0, 0.05) is 23.6 Å². The van der Waals surface area contributed by atoms with Crippen molar-refractivity contribution >= 4 is 38.3 Å². The van der Waals surface area contributed by atoms with Crippen LogP contribution in [0.25, 0.3) is 16.6 Å². The summed E-state index contributed by atoms with van der Waals surface area (Å²) in [6.07, 6.45) is 1.29. The topological polar surface area (TPSA) is 124 Å². The lowest BCUT2D eigenvalue weighted by molar-refractivity contribution is 0.406. The second-order valence-corrected chi connectivity index (χ2v) is 10.7. The maximum Gasteiger partial charge on any atom is 0.265 e. The first-order chi connectivity index (χ1) is 19.7. The molecule has 0 saturated heterocycles. The molecule has 2 aromatic heterocycles. The Labute approximate surface area is 242 Å². The van der Waals surface area contributed by atoms with E-state index in [1.807, 2.05) is 13.8 Å². The maximum absolute atomic E-state index is 13.9. The van der Waals surface area contributed by atoms with Crippen LogP contribution in [0.2, 0.25) is 5.02 Å². The fraction of sp³-hybridized carbons (Fsp3) is 0.172. The summed E-state index contributed by atoms with van der Waals surface area (Å²) in [5.41, 5.74) is 0.995. The van der Waals surface area contributed by atoms with E-state index >= 15 is 0 Å². The van der Waals surface area contributed by atoms with E-state index in [9.17, 15) is 18.3 Å². The quantitative estimate of drug-likeness (QED) is 0.239. The van der Waals surface area contributed by atoms with Gasteiger partial charge < -0.3 is 19.1 Å². The number of aromatic hydroxyl groups is 1. The molecule has 0 amide bonds. The highest BCUT2D eigenvalue weighted by atomic mass is 35.5. The number of sulfonamides is 1. The van der Waals surface area contributed by atoms with E-state index in [0.717, 1.165) is 4.31 Å². The van der Waals surface area contributed by atoms with Gasteiger partial charge in [0.2, 0.25) is 0 Å². The number of ether oxygens (including phenoxy) is 2. The van der Waals surface area contributed by atoms with Crippen LogP contribution in [-0.2, 0) is 16.6 Å². The number of aromatic nitrogens is 2. The maximum atomic E-state index is 13.9. The van der Waals surface area contributed by atoms with Gasteiger partial charge in [-0.3, -0.25) is 9.36 Å². The molecule has 0 aliphatic rings. The lowest BCUT2D eigenvalue weighted by atomic mass is 10.2. The van der Waals surface area contributed by atoms with Crippen molar-refractivity contribution < 1.29 is 27.5 Å². The average molecular weight is 598 g/mol. The Bertz CT molecular complexity index is 1820. The third-order valence-corrected chi connectivity index (χ3v) is 8.16. The summed E-state index contributed by atoms with van der Waals surface area (Å²) in [7, 11) is -1.18. The van der Waals surface area contributed by atoms with Crippen molar-refractivity contribution in [2.45, 2.75) is 25.3 Å². The highest BCUT2D eigenvalue weighted by Gasteiger charge is 2.28. The number of pyridine rings is 1. The van der Waals surface area contributed by atoms with Crippen LogP contribution in [0.15, 0.2) is 93.3 Å². The Balaban J connectivity index is 0.00000189. The molecule has 0 saturated carbocycles. The number of halogens is 1. The van der Waals surface area contributed by atoms with Crippen molar-refractivity contribution in [1.29, 1.82) is 0 Å². The van der Waals surface area contributed by atoms with Crippen molar-refractivity contribution in [3.63, 3.8) is 0 Å². The molecule has 41 heavy (non-hydrogen) atoms. The highest BCUT2D eigenvalue weighted by Crippen LogP contribution is 2.35. The number of phenolic OH excluding ortho intramolecular Hbond substituents is 1. The molecule has 0 unspecified atom stereocenters. The average Bonchev–Trinajstić information content (AvgIpc) is 3.53. The van der Waals surface area contributed by atoms with E-state index in [1.54, 1.807) is 31.4 Å². The number of hydrogen-bond donors (Lipinski definition) is 1. The van der Waals surface area contributed by atoms with Crippen LogP contribution >= 0.6 is 11.6 Å². The van der Waals surface area contributed by atoms with Crippen molar-refractivity contribution in [3.8, 4) is 22.9 Å². The summed E-state index contributed by atoms with van der Waals surface area (Å²) in [5.74, 6) is 0.754. The van der Waals surface area contributed by atoms with Gasteiger partial charge in [-0.1, -0.05) is 42.7 Å². The fourth-order valence-electron chi connectivity index (χ4n) is 4.15. The number of nitrogens with zero attached hydrogens (tertiary/aromatic N) is 3. The molecule has 5 aromatic rings. The highest BCUT2D eigenvalue weighted by molar-refractivity contribution is 7.92. The second kappa shape index (κ2) is 12.4. The molecule has 0 spiro atoms. The molecule has 0 atom stereocenters. The molecule has 3 aromatic carbocycles. The molecule has 0 bridgehead atoms. The molecular weight excluding hydrogens is 570 g/mol. The molecule has 2 heterocycles. The Kier molecular flexibility index (Phi) is 8.89. The van der Waals surface area contributed by atoms with E-state index in [2.05, 4.69) is 5.16 Å². The van der Waals surface area contributed by atoms with Gasteiger partial charge >= 0.3 is 0 Å². The Morgan fingerprint density at radius 3 is 2.34 bits per heavy atom. The lowest BCUT2D eigenvalue weighted by Gasteiger charge is -2.22. The van der Waals surface area contributed by atoms with Crippen molar-refractivity contribution in [2.75, 3.05) is 18.5 Å². The molecule has 214 valence electrons. The zero-order valence-electron chi connectivity index (χ0n) is 22.7. The van der Waals surface area contributed by atoms with Gasteiger partial charge in [0.05, 0.1) is 41.9 Å². The van der Waals surface area contributed by atoms with Crippen LogP contribution in [0.1, 0.15) is 19.4 Å². The van der Waals surface area contributed by atoms with Crippen molar-refractivity contribution in [1.82, 2.24) is 9.72 Å². The first-order valence-electron chi connectivity index (χ1n) is 12.5. The molecule has 5 rings (SSSR count). The van der Waals surface area contributed by atoms with Crippen LogP contribution in [-0.4, -0.2) is 37.5 Å². The van der Waals surface area contributed by atoms with E-state index in [4.69, 9.17) is 25.6 Å². The zero-order valence-corrected chi connectivity index (χ0v) is 24.3. The predicted octanol–water partition coefficient (Wildman–Crippen LogP) is 5.78. The van der Waals surface area contributed by atoms with E-state index in [1.165, 1.54) is 66.5 Å². The van der Waals surface area contributed by atoms with E-state index in [-0.39, 0.29) is 39.5 Å². The SMILES string of the molecule is CC.COc1ccc(CN(c2ccon2)S(=O)(=O)c2ccc3c(ccc(=O)n3-c3cc(Cl)c(O)cc3OC)c2)cc1. The van der Waals surface area contributed by atoms with Gasteiger partial charge in [0.25, 0.3) is 15.6 Å². The van der Waals surface area contributed by atoms with Crippen LogP contribution in [0.5, 0.6) is 17.2 Å². The summed E-state index contributed by atoms with van der Waals surface area (Å²) in [5, 5.41) is 14.3. The number of methoxy groups -OCH3 is 2. The third-order valence-electron chi connectivity index (χ3n) is 6.11. The number of phenols is 1. The minimum absolute atomic E-state index is 0.0143. The largest absolute Gasteiger partial charge is 0.506 e. The molecule has 0 aliphatic carbocycles. The third kappa shape index (κ3) is 5.86. The van der Waals surface area contributed by atoms with Gasteiger partial charge in [0.15, 0.2) is 5.82 Å².